The first-order chi connectivity index (χ1) is 10.6. The van der Waals surface area contributed by atoms with E-state index in [0.717, 1.165) is 12.0 Å². The standard InChI is InChI=1S/C16H16N2O4/c1-11-8-14(22-17-11)16(20)21-10-15(19)18-7-6-12-4-2-3-5-13(12)9-18/h2-5,8H,6-7,9-10H2,1H3. The highest BCUT2D eigenvalue weighted by atomic mass is 16.6. The summed E-state index contributed by atoms with van der Waals surface area (Å²) in [5.41, 5.74) is 2.99. The molecule has 0 aliphatic carbocycles. The van der Waals surface area contributed by atoms with Gasteiger partial charge in [-0.3, -0.25) is 4.79 Å². The van der Waals surface area contributed by atoms with Crippen molar-refractivity contribution >= 4 is 11.9 Å². The molecule has 1 amide bonds. The average Bonchev–Trinajstić information content (AvgIpc) is 2.98. The van der Waals surface area contributed by atoms with E-state index in [1.165, 1.54) is 11.6 Å². The summed E-state index contributed by atoms with van der Waals surface area (Å²) in [7, 11) is 0. The molecule has 1 aromatic heterocycles. The number of hydrogen-bond acceptors (Lipinski definition) is 5. The molecule has 0 spiro atoms. The number of carbonyl (C=O) groups excluding carboxylic acids is 2. The number of nitrogens with zero attached hydrogens (tertiary/aromatic N) is 2. The molecule has 3 rings (SSSR count). The molecular weight excluding hydrogens is 284 g/mol. The normalized spacial score (nSPS) is 13.6. The Balaban J connectivity index is 1.56. The van der Waals surface area contributed by atoms with Crippen molar-refractivity contribution in [2.75, 3.05) is 13.2 Å². The molecule has 0 radical (unpaired) electrons. The number of esters is 1. The van der Waals surface area contributed by atoms with Gasteiger partial charge in [0.15, 0.2) is 6.61 Å². The maximum Gasteiger partial charge on any atom is 0.377 e. The fourth-order valence-electron chi connectivity index (χ4n) is 2.46. The van der Waals surface area contributed by atoms with E-state index in [0.29, 0.717) is 18.8 Å². The lowest BCUT2D eigenvalue weighted by molar-refractivity contribution is -0.135. The molecule has 0 N–H and O–H groups in total. The minimum atomic E-state index is -0.675. The highest BCUT2D eigenvalue weighted by molar-refractivity contribution is 5.88. The van der Waals surface area contributed by atoms with Crippen LogP contribution in [0, 0.1) is 6.92 Å². The Hall–Kier alpha value is -2.63. The van der Waals surface area contributed by atoms with Crippen molar-refractivity contribution < 1.29 is 18.8 Å². The molecule has 0 atom stereocenters. The lowest BCUT2D eigenvalue weighted by Gasteiger charge is -2.28. The van der Waals surface area contributed by atoms with Crippen molar-refractivity contribution in [1.29, 1.82) is 0 Å². The van der Waals surface area contributed by atoms with Crippen LogP contribution in [0.25, 0.3) is 0 Å². The first-order valence-corrected chi connectivity index (χ1v) is 7.08. The fraction of sp³-hybridized carbons (Fsp3) is 0.312. The monoisotopic (exact) mass is 300 g/mol. The zero-order chi connectivity index (χ0) is 15.5. The second-order valence-corrected chi connectivity index (χ2v) is 5.24. The molecule has 1 aromatic carbocycles. The summed E-state index contributed by atoms with van der Waals surface area (Å²) < 4.78 is 9.78. The van der Waals surface area contributed by atoms with Gasteiger partial charge in [-0.1, -0.05) is 29.4 Å². The lowest BCUT2D eigenvalue weighted by Crippen LogP contribution is -2.38. The summed E-state index contributed by atoms with van der Waals surface area (Å²) in [6.07, 6.45) is 0.817. The number of amides is 1. The number of carbonyl (C=O) groups is 2. The largest absolute Gasteiger partial charge is 0.450 e. The Morgan fingerprint density at radius 1 is 1.32 bits per heavy atom. The predicted molar refractivity (Wildman–Crippen MR) is 77.1 cm³/mol. The molecule has 0 fully saturated rings. The van der Waals surface area contributed by atoms with Crippen molar-refractivity contribution in [2.45, 2.75) is 19.9 Å². The molecule has 0 saturated heterocycles. The van der Waals surface area contributed by atoms with Crippen molar-refractivity contribution in [3.63, 3.8) is 0 Å². The van der Waals surface area contributed by atoms with Crippen LogP contribution in [0.5, 0.6) is 0 Å². The molecule has 2 aromatic rings. The first-order valence-electron chi connectivity index (χ1n) is 7.08. The van der Waals surface area contributed by atoms with Gasteiger partial charge in [0.05, 0.1) is 5.69 Å². The highest BCUT2D eigenvalue weighted by Gasteiger charge is 2.22. The van der Waals surface area contributed by atoms with Gasteiger partial charge in [-0.05, 0) is 24.5 Å². The quantitative estimate of drug-likeness (QED) is 0.807. The van der Waals surface area contributed by atoms with Crippen LogP contribution in [-0.2, 0) is 22.5 Å². The van der Waals surface area contributed by atoms with Crippen LogP contribution in [0.15, 0.2) is 34.9 Å². The van der Waals surface area contributed by atoms with E-state index in [1.807, 2.05) is 18.2 Å². The Morgan fingerprint density at radius 2 is 2.09 bits per heavy atom. The first kappa shape index (κ1) is 14.3. The molecule has 2 heterocycles. The van der Waals surface area contributed by atoms with Crippen LogP contribution < -0.4 is 0 Å². The van der Waals surface area contributed by atoms with Gasteiger partial charge in [0.1, 0.15) is 0 Å². The highest BCUT2D eigenvalue weighted by Crippen LogP contribution is 2.18. The third-order valence-corrected chi connectivity index (χ3v) is 3.64. The number of aromatic nitrogens is 1. The average molecular weight is 300 g/mol. The van der Waals surface area contributed by atoms with Crippen LogP contribution in [0.4, 0.5) is 0 Å². The Morgan fingerprint density at radius 3 is 2.82 bits per heavy atom. The fourth-order valence-corrected chi connectivity index (χ4v) is 2.46. The maximum absolute atomic E-state index is 12.2. The van der Waals surface area contributed by atoms with Crippen molar-refractivity contribution in [3.8, 4) is 0 Å². The van der Waals surface area contributed by atoms with E-state index in [2.05, 4.69) is 11.2 Å². The van der Waals surface area contributed by atoms with Crippen molar-refractivity contribution in [1.82, 2.24) is 10.1 Å². The molecule has 114 valence electrons. The van der Waals surface area contributed by atoms with Gasteiger partial charge in [-0.15, -0.1) is 0 Å². The molecule has 0 bridgehead atoms. The predicted octanol–water partition coefficient (Wildman–Crippen LogP) is 1.72. The summed E-state index contributed by atoms with van der Waals surface area (Å²) in [6, 6.07) is 9.52. The molecule has 6 nitrogen and oxygen atoms in total. The van der Waals surface area contributed by atoms with Gasteiger partial charge in [0.2, 0.25) is 5.76 Å². The third kappa shape index (κ3) is 3.00. The molecule has 0 unspecified atom stereocenters. The number of aryl methyl sites for hydroxylation is 1. The number of benzene rings is 1. The van der Waals surface area contributed by atoms with Gasteiger partial charge in [0.25, 0.3) is 5.91 Å². The summed E-state index contributed by atoms with van der Waals surface area (Å²) in [6.45, 7) is 2.60. The SMILES string of the molecule is Cc1cc(C(=O)OCC(=O)N2CCc3ccccc3C2)on1. The Kier molecular flexibility index (Phi) is 3.91. The molecular formula is C16H16N2O4. The maximum atomic E-state index is 12.2. The van der Waals surface area contributed by atoms with Crippen LogP contribution in [-0.4, -0.2) is 35.1 Å². The minimum Gasteiger partial charge on any atom is -0.450 e. The number of hydrogen-bond donors (Lipinski definition) is 0. The van der Waals surface area contributed by atoms with E-state index in [1.54, 1.807) is 11.8 Å². The van der Waals surface area contributed by atoms with Gasteiger partial charge in [0, 0.05) is 19.2 Å². The van der Waals surface area contributed by atoms with Gasteiger partial charge < -0.3 is 14.2 Å². The van der Waals surface area contributed by atoms with E-state index in [-0.39, 0.29) is 18.3 Å². The van der Waals surface area contributed by atoms with E-state index in [9.17, 15) is 9.59 Å². The van der Waals surface area contributed by atoms with Crippen LogP contribution in [0.2, 0.25) is 0 Å². The number of ether oxygens (including phenoxy) is 1. The minimum absolute atomic E-state index is 0.00860. The second kappa shape index (κ2) is 6.01. The van der Waals surface area contributed by atoms with Crippen LogP contribution >= 0.6 is 0 Å². The second-order valence-electron chi connectivity index (χ2n) is 5.24. The molecule has 0 saturated carbocycles. The summed E-state index contributed by atoms with van der Waals surface area (Å²) >= 11 is 0. The Labute approximate surface area is 127 Å². The third-order valence-electron chi connectivity index (χ3n) is 3.64. The van der Waals surface area contributed by atoms with Gasteiger partial charge >= 0.3 is 5.97 Å². The van der Waals surface area contributed by atoms with Crippen LogP contribution in [0.3, 0.4) is 0 Å². The number of fused-ring (bicyclic) bond motifs is 1. The van der Waals surface area contributed by atoms with Gasteiger partial charge in [-0.2, -0.15) is 0 Å². The van der Waals surface area contributed by atoms with Crippen molar-refractivity contribution in [2.24, 2.45) is 0 Å². The van der Waals surface area contributed by atoms with Crippen LogP contribution in [0.1, 0.15) is 27.4 Å². The number of rotatable bonds is 3. The summed E-state index contributed by atoms with van der Waals surface area (Å²) in [5, 5.41) is 3.61. The van der Waals surface area contributed by atoms with E-state index >= 15 is 0 Å². The summed E-state index contributed by atoms with van der Waals surface area (Å²) in [5.74, 6) is -0.875. The molecule has 1 aliphatic heterocycles. The molecule has 22 heavy (non-hydrogen) atoms. The van der Waals surface area contributed by atoms with E-state index in [4.69, 9.17) is 9.26 Å². The van der Waals surface area contributed by atoms with Gasteiger partial charge in [-0.25, -0.2) is 4.79 Å². The van der Waals surface area contributed by atoms with E-state index < -0.39 is 5.97 Å². The molecule has 6 heteroatoms. The Bertz CT molecular complexity index is 708. The summed E-state index contributed by atoms with van der Waals surface area (Å²) in [4.78, 5) is 25.6. The lowest BCUT2D eigenvalue weighted by atomic mass is 10.00. The zero-order valence-corrected chi connectivity index (χ0v) is 12.2. The van der Waals surface area contributed by atoms with Crippen molar-refractivity contribution in [3.05, 3.63) is 52.9 Å². The smallest absolute Gasteiger partial charge is 0.377 e. The zero-order valence-electron chi connectivity index (χ0n) is 12.2. The topological polar surface area (TPSA) is 72.6 Å². The molecule has 1 aliphatic rings.